The Morgan fingerprint density at radius 3 is 2.67 bits per heavy atom. The van der Waals surface area contributed by atoms with Crippen LogP contribution >= 0.6 is 11.3 Å². The number of pyridine rings is 1. The van der Waals surface area contributed by atoms with Crippen molar-refractivity contribution in [1.29, 1.82) is 0 Å². The van der Waals surface area contributed by atoms with Crippen LogP contribution in [0.25, 0.3) is 21.3 Å². The molecule has 0 unspecified atom stereocenters. The Bertz CT molecular complexity index is 986. The van der Waals surface area contributed by atoms with Gasteiger partial charge in [-0.25, -0.2) is 4.98 Å². The summed E-state index contributed by atoms with van der Waals surface area (Å²) < 4.78 is 1.31. The Morgan fingerprint density at radius 1 is 1.07 bits per heavy atom. The lowest BCUT2D eigenvalue weighted by molar-refractivity contribution is 0.103. The normalized spacial score (nSPS) is 25.8. The van der Waals surface area contributed by atoms with Crippen LogP contribution in [0.5, 0.6) is 0 Å². The number of fused-ring (bicyclic) bond motifs is 1. The summed E-state index contributed by atoms with van der Waals surface area (Å²) in [4.78, 5) is 12.3. The minimum Gasteiger partial charge on any atom is -0.298 e. The van der Waals surface area contributed by atoms with Crippen molar-refractivity contribution >= 4 is 21.6 Å². The molecule has 0 bridgehead atoms. The highest BCUT2D eigenvalue weighted by atomic mass is 32.1. The van der Waals surface area contributed by atoms with E-state index >= 15 is 0 Å². The van der Waals surface area contributed by atoms with Gasteiger partial charge in [0.15, 0.2) is 0 Å². The van der Waals surface area contributed by atoms with E-state index in [9.17, 15) is 0 Å². The van der Waals surface area contributed by atoms with E-state index in [0.717, 1.165) is 29.0 Å². The monoisotopic (exact) mass is 377 g/mol. The number of hydrogen-bond acceptors (Lipinski definition) is 4. The second kappa shape index (κ2) is 6.68. The third-order valence-corrected chi connectivity index (χ3v) is 7.66. The number of rotatable bonds is 3. The molecule has 27 heavy (non-hydrogen) atoms. The van der Waals surface area contributed by atoms with Gasteiger partial charge in [-0.2, -0.15) is 0 Å². The summed E-state index contributed by atoms with van der Waals surface area (Å²) in [6, 6.07) is 12.5. The summed E-state index contributed by atoms with van der Waals surface area (Å²) in [6.07, 6.45) is 5.33. The Morgan fingerprint density at radius 2 is 1.93 bits per heavy atom. The van der Waals surface area contributed by atoms with Crippen molar-refractivity contribution in [3.8, 4) is 11.1 Å². The SMILES string of the molecule is Cc1ccc(-c2ccc3nc([C@H]4C[C@H](N5CCC[C@@H]5C)C4)sc3c2)c(C)n1. The van der Waals surface area contributed by atoms with Gasteiger partial charge in [-0.15, -0.1) is 11.3 Å². The second-order valence-electron chi connectivity index (χ2n) is 8.37. The number of benzene rings is 1. The van der Waals surface area contributed by atoms with E-state index in [-0.39, 0.29) is 0 Å². The zero-order valence-corrected chi connectivity index (χ0v) is 17.2. The van der Waals surface area contributed by atoms with Crippen LogP contribution in [0.15, 0.2) is 30.3 Å². The molecule has 0 spiro atoms. The molecule has 140 valence electrons. The maximum atomic E-state index is 4.97. The molecule has 1 atom stereocenters. The van der Waals surface area contributed by atoms with Crippen LogP contribution in [-0.4, -0.2) is 33.5 Å². The Hall–Kier alpha value is -1.78. The molecule has 3 aromatic rings. The lowest BCUT2D eigenvalue weighted by atomic mass is 9.79. The van der Waals surface area contributed by atoms with Crippen LogP contribution in [0, 0.1) is 13.8 Å². The number of nitrogens with zero attached hydrogens (tertiary/aromatic N) is 3. The van der Waals surface area contributed by atoms with Gasteiger partial charge < -0.3 is 0 Å². The third-order valence-electron chi connectivity index (χ3n) is 6.48. The molecule has 1 aliphatic heterocycles. The van der Waals surface area contributed by atoms with Gasteiger partial charge in [0, 0.05) is 35.0 Å². The Kier molecular flexibility index (Phi) is 4.29. The molecule has 3 nitrogen and oxygen atoms in total. The smallest absolute Gasteiger partial charge is 0.0970 e. The van der Waals surface area contributed by atoms with Crippen LogP contribution in [0.1, 0.15) is 54.9 Å². The van der Waals surface area contributed by atoms with Crippen molar-refractivity contribution in [1.82, 2.24) is 14.9 Å². The molecule has 2 fully saturated rings. The van der Waals surface area contributed by atoms with E-state index in [1.807, 2.05) is 18.3 Å². The van der Waals surface area contributed by atoms with Crippen molar-refractivity contribution in [2.24, 2.45) is 0 Å². The van der Waals surface area contributed by atoms with Crippen LogP contribution < -0.4 is 0 Å². The number of aromatic nitrogens is 2. The van der Waals surface area contributed by atoms with Gasteiger partial charge in [0.2, 0.25) is 0 Å². The summed E-state index contributed by atoms with van der Waals surface area (Å²) in [5.41, 5.74) is 5.80. The fraction of sp³-hybridized carbons (Fsp3) is 0.478. The molecule has 2 aromatic heterocycles. The standard InChI is InChI=1S/C23H27N3S/c1-14-6-8-20(16(3)24-14)17-7-9-21-22(13-17)27-23(25-21)18-11-19(12-18)26-10-4-5-15(26)2/h6-9,13,15,18-19H,4-5,10-12H2,1-3H3/t15-,18-,19-/m0/s1. The first-order chi connectivity index (χ1) is 13.1. The molecule has 0 N–H and O–H groups in total. The maximum absolute atomic E-state index is 4.97. The first kappa shape index (κ1) is 17.3. The van der Waals surface area contributed by atoms with Crippen LogP contribution in [0.2, 0.25) is 0 Å². The molecule has 0 amide bonds. The summed E-state index contributed by atoms with van der Waals surface area (Å²) in [5, 5.41) is 1.34. The van der Waals surface area contributed by atoms with Crippen molar-refractivity contribution in [2.75, 3.05) is 6.54 Å². The quantitative estimate of drug-likeness (QED) is 0.586. The second-order valence-corrected chi connectivity index (χ2v) is 9.43. The van der Waals surface area contributed by atoms with Gasteiger partial charge in [0.25, 0.3) is 0 Å². The highest BCUT2D eigenvalue weighted by molar-refractivity contribution is 7.18. The average molecular weight is 378 g/mol. The van der Waals surface area contributed by atoms with Crippen molar-refractivity contribution < 1.29 is 0 Å². The number of likely N-dealkylation sites (tertiary alicyclic amines) is 1. The van der Waals surface area contributed by atoms with Gasteiger partial charge in [-0.3, -0.25) is 9.88 Å². The molecule has 1 saturated carbocycles. The highest BCUT2D eigenvalue weighted by Crippen LogP contribution is 2.44. The van der Waals surface area contributed by atoms with Crippen molar-refractivity contribution in [2.45, 2.75) is 64.5 Å². The van der Waals surface area contributed by atoms with Gasteiger partial charge in [-0.05, 0) is 76.8 Å². The van der Waals surface area contributed by atoms with Crippen LogP contribution in [-0.2, 0) is 0 Å². The van der Waals surface area contributed by atoms with E-state index in [2.05, 4.69) is 54.1 Å². The summed E-state index contributed by atoms with van der Waals surface area (Å²) in [5.74, 6) is 0.659. The van der Waals surface area contributed by atoms with Crippen LogP contribution in [0.3, 0.4) is 0 Å². The zero-order valence-electron chi connectivity index (χ0n) is 16.4. The first-order valence-electron chi connectivity index (χ1n) is 10.2. The van der Waals surface area contributed by atoms with E-state index in [1.54, 1.807) is 0 Å². The fourth-order valence-corrected chi connectivity index (χ4v) is 5.97. The molecule has 2 aliphatic rings. The summed E-state index contributed by atoms with van der Waals surface area (Å²) >= 11 is 1.89. The number of hydrogen-bond donors (Lipinski definition) is 0. The average Bonchev–Trinajstić information content (AvgIpc) is 3.19. The highest BCUT2D eigenvalue weighted by Gasteiger charge is 2.39. The van der Waals surface area contributed by atoms with E-state index < -0.39 is 0 Å². The van der Waals surface area contributed by atoms with E-state index in [1.165, 1.54) is 53.1 Å². The largest absolute Gasteiger partial charge is 0.298 e. The van der Waals surface area contributed by atoms with Gasteiger partial charge >= 0.3 is 0 Å². The summed E-state index contributed by atoms with van der Waals surface area (Å²) in [6.45, 7) is 7.83. The molecular weight excluding hydrogens is 350 g/mol. The van der Waals surface area contributed by atoms with E-state index in [0.29, 0.717) is 5.92 Å². The van der Waals surface area contributed by atoms with Gasteiger partial charge in [0.05, 0.1) is 15.2 Å². The molecule has 3 heterocycles. The van der Waals surface area contributed by atoms with Crippen LogP contribution in [0.4, 0.5) is 0 Å². The zero-order chi connectivity index (χ0) is 18.5. The topological polar surface area (TPSA) is 29.0 Å². The first-order valence-corrected chi connectivity index (χ1v) is 11.0. The molecule has 5 rings (SSSR count). The Balaban J connectivity index is 1.37. The lowest BCUT2D eigenvalue weighted by Gasteiger charge is -2.42. The third kappa shape index (κ3) is 3.09. The van der Waals surface area contributed by atoms with Gasteiger partial charge in [-0.1, -0.05) is 12.1 Å². The van der Waals surface area contributed by atoms with Crippen molar-refractivity contribution in [3.63, 3.8) is 0 Å². The molecular formula is C23H27N3S. The number of aryl methyl sites for hydroxylation is 2. The maximum Gasteiger partial charge on any atom is 0.0970 e. The predicted molar refractivity (Wildman–Crippen MR) is 113 cm³/mol. The Labute approximate surface area is 165 Å². The minimum absolute atomic E-state index is 0.659. The molecule has 1 saturated heterocycles. The molecule has 0 radical (unpaired) electrons. The minimum atomic E-state index is 0.659. The lowest BCUT2D eigenvalue weighted by Crippen LogP contribution is -2.45. The van der Waals surface area contributed by atoms with Crippen molar-refractivity contribution in [3.05, 3.63) is 46.7 Å². The van der Waals surface area contributed by atoms with E-state index in [4.69, 9.17) is 4.98 Å². The predicted octanol–water partition coefficient (Wildman–Crippen LogP) is 5.71. The molecule has 4 heteroatoms. The van der Waals surface area contributed by atoms with Gasteiger partial charge in [0.1, 0.15) is 0 Å². The summed E-state index contributed by atoms with van der Waals surface area (Å²) in [7, 11) is 0. The molecule has 1 aromatic carbocycles. The fourth-order valence-electron chi connectivity index (χ4n) is 4.83. The molecule has 1 aliphatic carbocycles. The number of thiazole rings is 1.